The molecule has 0 bridgehead atoms. The Balaban J connectivity index is 0.00000182. The molecule has 1 fully saturated rings. The minimum atomic E-state index is -0.408. The Morgan fingerprint density at radius 2 is 1.88 bits per heavy atom. The highest BCUT2D eigenvalue weighted by Gasteiger charge is 2.35. The maximum absolute atomic E-state index is 6.39. The molecule has 3 aromatic rings. The molecule has 2 aromatic carbocycles. The minimum absolute atomic E-state index is 0. The van der Waals surface area contributed by atoms with Gasteiger partial charge in [-0.3, -0.25) is 0 Å². The molecule has 0 spiro atoms. The van der Waals surface area contributed by atoms with Gasteiger partial charge in [-0.15, -0.1) is 24.2 Å². The zero-order valence-corrected chi connectivity index (χ0v) is 16.0. The first kappa shape index (κ1) is 18.5. The second-order valence-corrected chi connectivity index (χ2v) is 7.68. The third kappa shape index (κ3) is 3.65. The van der Waals surface area contributed by atoms with Crippen LogP contribution in [0.3, 0.4) is 0 Å². The van der Waals surface area contributed by atoms with E-state index in [-0.39, 0.29) is 12.4 Å². The molecule has 1 aliphatic rings. The summed E-state index contributed by atoms with van der Waals surface area (Å²) in [6.45, 7) is 0. The zero-order valence-electron chi connectivity index (χ0n) is 13.6. The van der Waals surface area contributed by atoms with Crippen LogP contribution < -0.4 is 5.73 Å². The molecule has 0 unspecified atom stereocenters. The van der Waals surface area contributed by atoms with Gasteiger partial charge in [-0.05, 0) is 30.4 Å². The number of nitrogens with zero attached hydrogens (tertiary/aromatic N) is 2. The van der Waals surface area contributed by atoms with Gasteiger partial charge in [0.2, 0.25) is 5.89 Å². The van der Waals surface area contributed by atoms with Gasteiger partial charge in [-0.25, -0.2) is 0 Å². The van der Waals surface area contributed by atoms with Gasteiger partial charge in [-0.2, -0.15) is 4.98 Å². The Bertz CT molecular complexity index is 872. The number of hydrogen-bond acceptors (Lipinski definition) is 5. The number of thioether (sulfide) groups is 1. The summed E-state index contributed by atoms with van der Waals surface area (Å²) in [4.78, 5) is 5.64. The first-order valence-electron chi connectivity index (χ1n) is 8.08. The van der Waals surface area contributed by atoms with E-state index < -0.39 is 5.54 Å². The second-order valence-electron chi connectivity index (χ2n) is 6.26. The lowest BCUT2D eigenvalue weighted by atomic mass is 9.99. The summed E-state index contributed by atoms with van der Waals surface area (Å²) in [7, 11) is 0. The number of nitrogens with two attached hydrogens (primary N) is 1. The van der Waals surface area contributed by atoms with Gasteiger partial charge in [0.15, 0.2) is 5.82 Å². The third-order valence-corrected chi connectivity index (χ3v) is 5.93. The van der Waals surface area contributed by atoms with Crippen molar-refractivity contribution >= 4 is 46.5 Å². The Hall–Kier alpha value is -1.27. The summed E-state index contributed by atoms with van der Waals surface area (Å²) >= 11 is 8.02. The van der Waals surface area contributed by atoms with Crippen LogP contribution in [0.1, 0.15) is 37.4 Å². The number of aromatic nitrogens is 2. The summed E-state index contributed by atoms with van der Waals surface area (Å²) in [5, 5.41) is 7.07. The topological polar surface area (TPSA) is 64.9 Å². The van der Waals surface area contributed by atoms with E-state index in [0.29, 0.717) is 17.5 Å². The number of hydrogen-bond donors (Lipinski definition) is 1. The maximum atomic E-state index is 6.39. The molecule has 1 aromatic heterocycles. The van der Waals surface area contributed by atoms with Crippen molar-refractivity contribution in [3.8, 4) is 0 Å². The lowest BCUT2D eigenvalue weighted by molar-refractivity contribution is 0.355. The Kier molecular flexibility index (Phi) is 5.58. The van der Waals surface area contributed by atoms with Crippen molar-refractivity contribution < 1.29 is 4.52 Å². The van der Waals surface area contributed by atoms with E-state index in [1.54, 1.807) is 11.8 Å². The highest BCUT2D eigenvalue weighted by atomic mass is 35.5. The largest absolute Gasteiger partial charge is 0.338 e. The number of rotatable bonds is 4. The molecule has 4 nitrogen and oxygen atoms in total. The van der Waals surface area contributed by atoms with Crippen LogP contribution in [-0.4, -0.2) is 10.1 Å². The van der Waals surface area contributed by atoms with Crippen LogP contribution in [0.4, 0.5) is 0 Å². The predicted molar refractivity (Wildman–Crippen MR) is 104 cm³/mol. The van der Waals surface area contributed by atoms with Gasteiger partial charge in [0, 0.05) is 15.3 Å². The van der Waals surface area contributed by atoms with Crippen molar-refractivity contribution in [2.75, 3.05) is 0 Å². The molecule has 1 heterocycles. The first-order chi connectivity index (χ1) is 11.7. The van der Waals surface area contributed by atoms with Crippen LogP contribution in [0, 0.1) is 0 Å². The fraction of sp³-hybridized carbons (Fsp3) is 0.333. The van der Waals surface area contributed by atoms with Crippen molar-refractivity contribution in [3.63, 3.8) is 0 Å². The molecule has 0 aliphatic heterocycles. The fourth-order valence-electron chi connectivity index (χ4n) is 3.27. The van der Waals surface area contributed by atoms with Crippen LogP contribution >= 0.6 is 35.8 Å². The van der Waals surface area contributed by atoms with Crippen molar-refractivity contribution in [1.82, 2.24) is 10.1 Å². The van der Waals surface area contributed by atoms with E-state index in [9.17, 15) is 0 Å². The summed E-state index contributed by atoms with van der Waals surface area (Å²) in [6.07, 6.45) is 4.11. The molecule has 0 radical (unpaired) electrons. The monoisotopic (exact) mass is 395 g/mol. The molecule has 0 atom stereocenters. The predicted octanol–water partition coefficient (Wildman–Crippen LogP) is 5.32. The zero-order chi connectivity index (χ0) is 16.6. The fourth-order valence-corrected chi connectivity index (χ4v) is 4.55. The van der Waals surface area contributed by atoms with Gasteiger partial charge in [0.1, 0.15) is 0 Å². The average Bonchev–Trinajstić information content (AvgIpc) is 3.23. The Morgan fingerprint density at radius 3 is 2.64 bits per heavy atom. The van der Waals surface area contributed by atoms with Gasteiger partial charge in [0.05, 0.1) is 11.3 Å². The number of fused-ring (bicyclic) bond motifs is 1. The van der Waals surface area contributed by atoms with Crippen molar-refractivity contribution in [3.05, 3.63) is 53.1 Å². The molecule has 4 rings (SSSR count). The molecule has 1 saturated carbocycles. The van der Waals surface area contributed by atoms with Gasteiger partial charge in [-0.1, -0.05) is 53.9 Å². The van der Waals surface area contributed by atoms with E-state index >= 15 is 0 Å². The quantitative estimate of drug-likeness (QED) is 0.605. The van der Waals surface area contributed by atoms with Crippen molar-refractivity contribution in [2.24, 2.45) is 5.73 Å². The lowest BCUT2D eigenvalue weighted by Crippen LogP contribution is -2.34. The second kappa shape index (κ2) is 7.54. The normalized spacial score (nSPS) is 16.1. The Labute approximate surface area is 161 Å². The lowest BCUT2D eigenvalue weighted by Gasteiger charge is -2.17. The van der Waals surface area contributed by atoms with Crippen LogP contribution in [0.2, 0.25) is 5.02 Å². The molecule has 0 amide bonds. The van der Waals surface area contributed by atoms with Crippen molar-refractivity contribution in [1.29, 1.82) is 0 Å². The van der Waals surface area contributed by atoms with Crippen LogP contribution in [0.5, 0.6) is 0 Å². The summed E-state index contributed by atoms with van der Waals surface area (Å²) < 4.78 is 5.41. The molecule has 2 N–H and O–H groups in total. The molecule has 1 aliphatic carbocycles. The van der Waals surface area contributed by atoms with Gasteiger partial charge < -0.3 is 10.3 Å². The van der Waals surface area contributed by atoms with Crippen LogP contribution in [0.15, 0.2) is 45.8 Å². The molecule has 25 heavy (non-hydrogen) atoms. The Morgan fingerprint density at radius 1 is 1.16 bits per heavy atom. The van der Waals surface area contributed by atoms with E-state index in [1.807, 2.05) is 18.2 Å². The molecule has 0 saturated heterocycles. The van der Waals surface area contributed by atoms with Gasteiger partial charge >= 0.3 is 0 Å². The average molecular weight is 396 g/mol. The third-order valence-electron chi connectivity index (χ3n) is 4.58. The molecular weight excluding hydrogens is 377 g/mol. The summed E-state index contributed by atoms with van der Waals surface area (Å²) in [6, 6.07) is 12.1. The van der Waals surface area contributed by atoms with E-state index in [1.165, 1.54) is 0 Å². The maximum Gasteiger partial charge on any atom is 0.237 e. The van der Waals surface area contributed by atoms with Gasteiger partial charge in [0.25, 0.3) is 0 Å². The molecule has 7 heteroatoms. The first-order valence-corrected chi connectivity index (χ1v) is 9.44. The molecule has 132 valence electrons. The highest BCUT2D eigenvalue weighted by Crippen LogP contribution is 2.36. The van der Waals surface area contributed by atoms with E-state index in [4.69, 9.17) is 21.9 Å². The summed E-state index contributed by atoms with van der Waals surface area (Å²) in [5.74, 6) is 1.86. The van der Waals surface area contributed by atoms with Crippen LogP contribution in [0.25, 0.3) is 10.8 Å². The van der Waals surface area contributed by atoms with Crippen molar-refractivity contribution in [2.45, 2.75) is 41.9 Å². The highest BCUT2D eigenvalue weighted by molar-refractivity contribution is 7.98. The number of halogens is 2. The van der Waals surface area contributed by atoms with E-state index in [2.05, 4.69) is 28.3 Å². The summed E-state index contributed by atoms with van der Waals surface area (Å²) in [5.41, 5.74) is 5.98. The standard InChI is InChI=1S/C18H18ClN3OS.ClH/c19-13-7-3-5-12-6-4-8-14(16(12)13)24-11-15-21-17(22-23-15)18(20)9-1-2-10-18;/h3-8H,1-2,9-11,20H2;1H. The SMILES string of the molecule is Cl.NC1(c2noc(CSc3cccc4cccc(Cl)c34)n2)CCCC1. The van der Waals surface area contributed by atoms with E-state index in [0.717, 1.165) is 46.4 Å². The van der Waals surface area contributed by atoms with Crippen LogP contribution in [-0.2, 0) is 11.3 Å². The number of benzene rings is 2. The minimum Gasteiger partial charge on any atom is -0.338 e. The smallest absolute Gasteiger partial charge is 0.237 e. The molecular formula is C18H19Cl2N3OS.